The zero-order valence-electron chi connectivity index (χ0n) is 11.1. The Balaban J connectivity index is 1.89. The van der Waals surface area contributed by atoms with Crippen molar-refractivity contribution in [2.45, 2.75) is 0 Å². The second kappa shape index (κ2) is 5.91. The van der Waals surface area contributed by atoms with Gasteiger partial charge in [0.15, 0.2) is 9.84 Å². The summed E-state index contributed by atoms with van der Waals surface area (Å²) in [5, 5.41) is 0.656. The predicted octanol–water partition coefficient (Wildman–Crippen LogP) is 4.28. The molecule has 3 rings (SSSR count). The Morgan fingerprint density at radius 2 is 2.00 bits per heavy atom. The highest BCUT2D eigenvalue weighted by Crippen LogP contribution is 2.33. The summed E-state index contributed by atoms with van der Waals surface area (Å²) in [6, 6.07) is 13.2. The summed E-state index contributed by atoms with van der Waals surface area (Å²) >= 11 is 4.58. The number of thioether (sulfide) groups is 1. The molecule has 4 nitrogen and oxygen atoms in total. The average Bonchev–Trinajstić information content (AvgIpc) is 3.00. The lowest BCUT2D eigenvalue weighted by molar-refractivity contribution is -0.121. The van der Waals surface area contributed by atoms with Crippen molar-refractivity contribution in [2.24, 2.45) is 4.99 Å². The highest BCUT2D eigenvalue weighted by molar-refractivity contribution is 9.10. The van der Waals surface area contributed by atoms with E-state index in [9.17, 15) is 4.79 Å². The Labute approximate surface area is 134 Å². The Bertz CT molecular complexity index is 737. The van der Waals surface area contributed by atoms with Gasteiger partial charge in [-0.2, -0.15) is 0 Å². The van der Waals surface area contributed by atoms with Gasteiger partial charge in [0, 0.05) is 13.1 Å². The van der Waals surface area contributed by atoms with E-state index in [1.807, 2.05) is 30.3 Å². The van der Waals surface area contributed by atoms with Gasteiger partial charge in [-0.25, -0.2) is 4.99 Å². The molecule has 0 radical (unpaired) electrons. The Morgan fingerprint density at radius 1 is 1.24 bits per heavy atom. The molecule has 0 atom stereocenters. The van der Waals surface area contributed by atoms with E-state index < -0.39 is 0 Å². The van der Waals surface area contributed by atoms with Crippen molar-refractivity contribution in [2.75, 3.05) is 7.05 Å². The minimum absolute atomic E-state index is 0.0813. The van der Waals surface area contributed by atoms with Crippen LogP contribution in [0.5, 0.6) is 0 Å². The third kappa shape index (κ3) is 3.11. The first-order valence-electron chi connectivity index (χ1n) is 6.20. The second-order valence-corrected chi connectivity index (χ2v) is 6.14. The lowest BCUT2D eigenvalue weighted by atomic mass is 10.3. The van der Waals surface area contributed by atoms with Gasteiger partial charge >= 0.3 is 0 Å². The number of amides is 1. The predicted molar refractivity (Wildman–Crippen MR) is 88.3 cm³/mol. The average molecular weight is 363 g/mol. The Morgan fingerprint density at radius 3 is 2.67 bits per heavy atom. The van der Waals surface area contributed by atoms with Gasteiger partial charge in [-0.15, -0.1) is 0 Å². The number of halogens is 1. The third-order valence-corrected chi connectivity index (χ3v) is 4.34. The summed E-state index contributed by atoms with van der Waals surface area (Å²) < 4.78 is 6.03. The summed E-state index contributed by atoms with van der Waals surface area (Å²) in [7, 11) is 1.72. The highest BCUT2D eigenvalue weighted by Gasteiger charge is 2.30. The zero-order valence-corrected chi connectivity index (χ0v) is 13.5. The van der Waals surface area contributed by atoms with E-state index in [4.69, 9.17) is 4.42 Å². The quantitative estimate of drug-likeness (QED) is 0.749. The minimum atomic E-state index is -0.0813. The van der Waals surface area contributed by atoms with Crippen molar-refractivity contribution in [3.63, 3.8) is 0 Å². The molecule has 1 amide bonds. The van der Waals surface area contributed by atoms with Gasteiger partial charge in [-0.1, -0.05) is 18.2 Å². The molecular weight excluding hydrogens is 352 g/mol. The minimum Gasteiger partial charge on any atom is -0.450 e. The van der Waals surface area contributed by atoms with E-state index in [-0.39, 0.29) is 5.91 Å². The molecule has 0 spiro atoms. The van der Waals surface area contributed by atoms with E-state index in [0.717, 1.165) is 5.69 Å². The first kappa shape index (κ1) is 14.2. The molecule has 106 valence electrons. The number of hydrogen-bond donors (Lipinski definition) is 0. The van der Waals surface area contributed by atoms with Crippen LogP contribution in [0.15, 0.2) is 61.4 Å². The molecule has 1 saturated heterocycles. The van der Waals surface area contributed by atoms with Crippen molar-refractivity contribution < 1.29 is 9.21 Å². The van der Waals surface area contributed by atoms with Gasteiger partial charge in [-0.3, -0.25) is 9.69 Å². The van der Waals surface area contributed by atoms with E-state index in [2.05, 4.69) is 20.9 Å². The Hall–Kier alpha value is -1.79. The molecule has 0 bridgehead atoms. The summed E-state index contributed by atoms with van der Waals surface area (Å²) in [5.41, 5.74) is 0.821. The first-order valence-corrected chi connectivity index (χ1v) is 7.81. The van der Waals surface area contributed by atoms with Crippen molar-refractivity contribution in [1.29, 1.82) is 0 Å². The van der Waals surface area contributed by atoms with Crippen LogP contribution >= 0.6 is 27.7 Å². The fraction of sp³-hybridized carbons (Fsp3) is 0.0667. The molecule has 21 heavy (non-hydrogen) atoms. The molecule has 0 aliphatic carbocycles. The molecule has 0 saturated carbocycles. The van der Waals surface area contributed by atoms with Gasteiger partial charge < -0.3 is 4.42 Å². The largest absolute Gasteiger partial charge is 0.450 e. The van der Waals surface area contributed by atoms with Crippen LogP contribution in [0.4, 0.5) is 5.69 Å². The van der Waals surface area contributed by atoms with Crippen LogP contribution in [-0.4, -0.2) is 23.0 Å². The second-order valence-electron chi connectivity index (χ2n) is 4.35. The molecule has 1 aromatic heterocycles. The van der Waals surface area contributed by atoms with Crippen LogP contribution in [0.25, 0.3) is 6.08 Å². The number of likely N-dealkylation sites (N-methyl/N-ethyl adjacent to an activating group) is 1. The van der Waals surface area contributed by atoms with Crippen LogP contribution in [0.2, 0.25) is 0 Å². The highest BCUT2D eigenvalue weighted by atomic mass is 79.9. The number of benzene rings is 1. The Kier molecular flexibility index (Phi) is 3.98. The maximum atomic E-state index is 12.2. The number of amidine groups is 1. The van der Waals surface area contributed by atoms with Crippen molar-refractivity contribution in [1.82, 2.24) is 4.90 Å². The van der Waals surface area contributed by atoms with E-state index in [1.54, 1.807) is 30.2 Å². The lowest BCUT2D eigenvalue weighted by Gasteiger charge is -2.06. The maximum absolute atomic E-state index is 12.2. The number of rotatable bonds is 2. The summed E-state index contributed by atoms with van der Waals surface area (Å²) in [6.45, 7) is 0. The first-order chi connectivity index (χ1) is 10.1. The molecule has 1 aromatic carbocycles. The van der Waals surface area contributed by atoms with Gasteiger partial charge in [-0.05, 0) is 52.0 Å². The normalized spacial score (nSPS) is 19.0. The summed E-state index contributed by atoms with van der Waals surface area (Å²) in [5.74, 6) is 0.550. The maximum Gasteiger partial charge on any atom is 0.266 e. The number of furan rings is 1. The molecule has 1 aliphatic rings. The SMILES string of the molecule is CN1C(=O)/C(=C\c2ccc(Br)o2)SC1=Nc1ccccc1. The van der Waals surface area contributed by atoms with Gasteiger partial charge in [0.25, 0.3) is 5.91 Å². The number of carbonyl (C=O) groups is 1. The molecule has 2 heterocycles. The number of carbonyl (C=O) groups excluding carboxylic acids is 1. The molecule has 0 unspecified atom stereocenters. The number of nitrogens with zero attached hydrogens (tertiary/aromatic N) is 2. The standard InChI is InChI=1S/C15H11BrN2O2S/c1-18-14(19)12(9-11-7-8-13(16)20-11)21-15(18)17-10-5-3-2-4-6-10/h2-9H,1H3/b12-9+,17-15?. The number of para-hydroxylation sites is 1. The molecule has 6 heteroatoms. The van der Waals surface area contributed by atoms with Crippen molar-refractivity contribution in [3.05, 3.63) is 57.8 Å². The van der Waals surface area contributed by atoms with Crippen molar-refractivity contribution in [3.8, 4) is 0 Å². The molecule has 0 N–H and O–H groups in total. The third-order valence-electron chi connectivity index (χ3n) is 2.85. The van der Waals surface area contributed by atoms with Gasteiger partial charge in [0.2, 0.25) is 0 Å². The fourth-order valence-electron chi connectivity index (χ4n) is 1.80. The number of aliphatic imine (C=N–C) groups is 1. The molecule has 1 aliphatic heterocycles. The topological polar surface area (TPSA) is 45.8 Å². The van der Waals surface area contributed by atoms with E-state index in [0.29, 0.717) is 20.5 Å². The molecular formula is C15H11BrN2O2S. The molecule has 1 fully saturated rings. The monoisotopic (exact) mass is 362 g/mol. The fourth-order valence-corrected chi connectivity index (χ4v) is 3.09. The van der Waals surface area contributed by atoms with Crippen LogP contribution in [0.1, 0.15) is 5.76 Å². The van der Waals surface area contributed by atoms with Crippen LogP contribution in [-0.2, 0) is 4.79 Å². The molecule has 2 aromatic rings. The van der Waals surface area contributed by atoms with Crippen LogP contribution in [0, 0.1) is 0 Å². The lowest BCUT2D eigenvalue weighted by Crippen LogP contribution is -2.23. The van der Waals surface area contributed by atoms with Gasteiger partial charge in [0.1, 0.15) is 5.76 Å². The smallest absolute Gasteiger partial charge is 0.266 e. The summed E-state index contributed by atoms with van der Waals surface area (Å²) in [6.07, 6.45) is 1.72. The van der Waals surface area contributed by atoms with Crippen molar-refractivity contribution >= 4 is 50.5 Å². The van der Waals surface area contributed by atoms with Gasteiger partial charge in [0.05, 0.1) is 10.6 Å². The van der Waals surface area contributed by atoms with Crippen LogP contribution in [0.3, 0.4) is 0 Å². The van der Waals surface area contributed by atoms with E-state index in [1.165, 1.54) is 11.8 Å². The summed E-state index contributed by atoms with van der Waals surface area (Å²) in [4.78, 5) is 18.8. The zero-order chi connectivity index (χ0) is 14.8. The van der Waals surface area contributed by atoms with E-state index >= 15 is 0 Å². The van der Waals surface area contributed by atoms with Crippen LogP contribution < -0.4 is 0 Å². The number of hydrogen-bond acceptors (Lipinski definition) is 4.